The third kappa shape index (κ3) is 3.66. The summed E-state index contributed by atoms with van der Waals surface area (Å²) in [5, 5.41) is -0.0987. The summed E-state index contributed by atoms with van der Waals surface area (Å²) in [6, 6.07) is 9.55. The van der Waals surface area contributed by atoms with Gasteiger partial charge in [0.05, 0.1) is 12.2 Å². The van der Waals surface area contributed by atoms with Gasteiger partial charge in [0.15, 0.2) is 0 Å². The van der Waals surface area contributed by atoms with E-state index in [1.165, 1.54) is 12.1 Å². The summed E-state index contributed by atoms with van der Waals surface area (Å²) in [6.07, 6.45) is 2.44. The summed E-state index contributed by atoms with van der Waals surface area (Å²) in [6.45, 7) is -0.583. The molecule has 0 unspecified atom stereocenters. The monoisotopic (exact) mass is 323 g/mol. The number of hydrogen-bond donors (Lipinski definition) is 0. The van der Waals surface area contributed by atoms with E-state index in [9.17, 15) is 13.6 Å². The minimum atomic E-state index is -2.66. The third-order valence-corrected chi connectivity index (χ3v) is 3.21. The van der Waals surface area contributed by atoms with Gasteiger partial charge in [-0.15, -0.1) is 6.42 Å². The number of pyridine rings is 1. The molecule has 0 atom stereocenters. The molecule has 0 aliphatic rings. The Hall–Kier alpha value is -2.32. The van der Waals surface area contributed by atoms with Crippen molar-refractivity contribution in [2.24, 2.45) is 0 Å². The van der Waals surface area contributed by atoms with Crippen molar-refractivity contribution in [3.8, 4) is 29.4 Å². The second kappa shape index (κ2) is 7.10. The Morgan fingerprint density at radius 1 is 1.23 bits per heavy atom. The average Bonchev–Trinajstić information content (AvgIpc) is 2.50. The number of rotatable bonds is 5. The van der Waals surface area contributed by atoms with Crippen LogP contribution in [0.5, 0.6) is 5.75 Å². The maximum atomic E-state index is 12.7. The molecule has 22 heavy (non-hydrogen) atoms. The Balaban J connectivity index is 2.42. The van der Waals surface area contributed by atoms with Gasteiger partial charge in [-0.25, -0.2) is 8.78 Å². The van der Waals surface area contributed by atoms with Gasteiger partial charge < -0.3 is 9.30 Å². The summed E-state index contributed by atoms with van der Waals surface area (Å²) in [5.41, 5.74) is 0.313. The molecule has 1 aromatic carbocycles. The molecule has 0 aliphatic heterocycles. The Bertz CT molecular complexity index is 748. The summed E-state index contributed by atoms with van der Waals surface area (Å²) in [4.78, 5) is 12.0. The molecule has 0 fully saturated rings. The molecule has 0 radical (unpaired) electrons. The van der Waals surface area contributed by atoms with Crippen molar-refractivity contribution in [1.82, 2.24) is 4.57 Å². The first-order valence-electron chi connectivity index (χ1n) is 6.37. The van der Waals surface area contributed by atoms with Crippen molar-refractivity contribution in [3.05, 3.63) is 51.8 Å². The summed E-state index contributed by atoms with van der Waals surface area (Å²) in [5.74, 6) is 2.90. The normalized spacial score (nSPS) is 10.5. The highest BCUT2D eigenvalue weighted by atomic mass is 35.5. The second-order valence-corrected chi connectivity index (χ2v) is 4.80. The lowest BCUT2D eigenvalue weighted by Gasteiger charge is -2.13. The average molecular weight is 324 g/mol. The predicted molar refractivity (Wildman–Crippen MR) is 81.5 cm³/mol. The van der Waals surface area contributed by atoms with Gasteiger partial charge in [-0.1, -0.05) is 17.5 Å². The topological polar surface area (TPSA) is 31.2 Å². The van der Waals surface area contributed by atoms with Crippen LogP contribution < -0.4 is 10.3 Å². The molecule has 0 bridgehead atoms. The van der Waals surface area contributed by atoms with Gasteiger partial charge in [-0.05, 0) is 42.0 Å². The Morgan fingerprint density at radius 2 is 1.91 bits per heavy atom. The first kappa shape index (κ1) is 16.1. The van der Waals surface area contributed by atoms with Crippen molar-refractivity contribution < 1.29 is 13.5 Å². The van der Waals surface area contributed by atoms with Crippen molar-refractivity contribution in [2.75, 3.05) is 6.61 Å². The van der Waals surface area contributed by atoms with Crippen LogP contribution in [-0.2, 0) is 6.54 Å². The minimum absolute atomic E-state index is 0.0987. The van der Waals surface area contributed by atoms with E-state index in [-0.39, 0.29) is 11.6 Å². The molecule has 3 nitrogen and oxygen atoms in total. The van der Waals surface area contributed by atoms with Crippen molar-refractivity contribution in [3.63, 3.8) is 0 Å². The zero-order valence-corrected chi connectivity index (χ0v) is 12.2. The first-order valence-corrected chi connectivity index (χ1v) is 6.75. The fraction of sp³-hybridized carbons (Fsp3) is 0.188. The number of nitrogens with zero attached hydrogens (tertiary/aromatic N) is 1. The van der Waals surface area contributed by atoms with E-state index >= 15 is 0 Å². The summed E-state index contributed by atoms with van der Waals surface area (Å²) < 4.78 is 31.6. The largest absolute Gasteiger partial charge is 0.481 e. The van der Waals surface area contributed by atoms with Crippen molar-refractivity contribution in [2.45, 2.75) is 13.0 Å². The fourth-order valence-electron chi connectivity index (χ4n) is 1.97. The van der Waals surface area contributed by atoms with Crippen LogP contribution in [0.15, 0.2) is 41.2 Å². The van der Waals surface area contributed by atoms with Gasteiger partial charge in [0.1, 0.15) is 17.4 Å². The zero-order chi connectivity index (χ0) is 16.1. The van der Waals surface area contributed by atoms with E-state index in [0.29, 0.717) is 17.0 Å². The number of terminal acetylenes is 1. The highest BCUT2D eigenvalue weighted by Crippen LogP contribution is 2.23. The van der Waals surface area contributed by atoms with Crippen LogP contribution in [0.25, 0.3) is 11.3 Å². The van der Waals surface area contributed by atoms with Crippen LogP contribution in [0, 0.1) is 12.3 Å². The van der Waals surface area contributed by atoms with Crippen LogP contribution >= 0.6 is 11.6 Å². The van der Waals surface area contributed by atoms with Gasteiger partial charge in [0.25, 0.3) is 12.0 Å². The number of aromatic nitrogens is 1. The molecular weight excluding hydrogens is 312 g/mol. The molecule has 114 valence electrons. The highest BCUT2D eigenvalue weighted by molar-refractivity contribution is 6.30. The molecule has 2 aromatic rings. The van der Waals surface area contributed by atoms with Crippen molar-refractivity contribution in [1.29, 1.82) is 0 Å². The summed E-state index contributed by atoms with van der Waals surface area (Å²) in [7, 11) is 0. The number of alkyl halides is 2. The Kier molecular flexibility index (Phi) is 5.18. The number of ether oxygens (including phenoxy) is 1. The molecule has 0 N–H and O–H groups in total. The third-order valence-electron chi connectivity index (χ3n) is 2.92. The molecule has 0 spiro atoms. The zero-order valence-electron chi connectivity index (χ0n) is 11.4. The summed E-state index contributed by atoms with van der Waals surface area (Å²) >= 11 is 5.72. The van der Waals surface area contributed by atoms with E-state index in [2.05, 4.69) is 5.92 Å². The van der Waals surface area contributed by atoms with Crippen LogP contribution in [0.4, 0.5) is 8.78 Å². The maximum absolute atomic E-state index is 12.7. The lowest BCUT2D eigenvalue weighted by molar-refractivity contribution is 0.126. The molecular formula is C16H12ClF2NO2. The van der Waals surface area contributed by atoms with Gasteiger partial charge in [0, 0.05) is 0 Å². The highest BCUT2D eigenvalue weighted by Gasteiger charge is 2.13. The van der Waals surface area contributed by atoms with Crippen LogP contribution in [0.2, 0.25) is 5.02 Å². The van der Waals surface area contributed by atoms with Crippen LogP contribution in [0.3, 0.4) is 0 Å². The lowest BCUT2D eigenvalue weighted by atomic mass is 10.1. The molecule has 2 rings (SSSR count). The Labute approximate surface area is 131 Å². The number of hydrogen-bond acceptors (Lipinski definition) is 2. The first-order chi connectivity index (χ1) is 10.5. The smallest absolute Gasteiger partial charge is 0.269 e. The molecule has 0 saturated carbocycles. The van der Waals surface area contributed by atoms with E-state index in [1.807, 2.05) is 0 Å². The van der Waals surface area contributed by atoms with E-state index < -0.39 is 18.5 Å². The molecule has 1 aromatic heterocycles. The van der Waals surface area contributed by atoms with Gasteiger partial charge in [0.2, 0.25) is 0 Å². The van der Waals surface area contributed by atoms with Crippen LogP contribution in [-0.4, -0.2) is 17.6 Å². The molecule has 1 heterocycles. The van der Waals surface area contributed by atoms with Gasteiger partial charge in [-0.2, -0.15) is 0 Å². The molecule has 0 saturated heterocycles. The van der Waals surface area contributed by atoms with Gasteiger partial charge in [-0.3, -0.25) is 4.79 Å². The van der Waals surface area contributed by atoms with E-state index in [4.69, 9.17) is 22.8 Å². The fourth-order valence-corrected chi connectivity index (χ4v) is 2.13. The number of halogens is 3. The standard InChI is InChI=1S/C16H12ClF2NO2/c1-2-9-22-12-5-3-11(4-6-12)14-8-7-13(17)16(21)20(14)10-15(18)19/h1,3-8,15H,9-10H2. The molecule has 0 aliphatic carbocycles. The quantitative estimate of drug-likeness (QED) is 0.789. The maximum Gasteiger partial charge on any atom is 0.269 e. The van der Waals surface area contributed by atoms with E-state index in [0.717, 1.165) is 4.57 Å². The van der Waals surface area contributed by atoms with Crippen molar-refractivity contribution >= 4 is 11.6 Å². The number of benzene rings is 1. The molecule has 6 heteroatoms. The lowest BCUT2D eigenvalue weighted by Crippen LogP contribution is -2.25. The second-order valence-electron chi connectivity index (χ2n) is 4.39. The van der Waals surface area contributed by atoms with Crippen LogP contribution in [0.1, 0.15) is 0 Å². The van der Waals surface area contributed by atoms with E-state index in [1.54, 1.807) is 24.3 Å². The molecule has 0 amide bonds. The SMILES string of the molecule is C#CCOc1ccc(-c2ccc(Cl)c(=O)n2CC(F)F)cc1. The predicted octanol–water partition coefficient (Wildman–Crippen LogP) is 3.45. The minimum Gasteiger partial charge on any atom is -0.481 e. The van der Waals surface area contributed by atoms with Gasteiger partial charge >= 0.3 is 0 Å². The Morgan fingerprint density at radius 3 is 2.50 bits per heavy atom.